The molecule has 174 valence electrons. The fourth-order valence-corrected chi connectivity index (χ4v) is 4.55. The van der Waals surface area contributed by atoms with Gasteiger partial charge >= 0.3 is 0 Å². The van der Waals surface area contributed by atoms with Gasteiger partial charge in [0.1, 0.15) is 10.6 Å². The van der Waals surface area contributed by atoms with Gasteiger partial charge in [-0.05, 0) is 41.5 Å². The molecule has 7 nitrogen and oxygen atoms in total. The van der Waals surface area contributed by atoms with Crippen LogP contribution in [0, 0.1) is 5.82 Å². The lowest BCUT2D eigenvalue weighted by Gasteiger charge is -2.19. The third-order valence-electron chi connectivity index (χ3n) is 5.03. The maximum Gasteiger partial charge on any atom is 0.251 e. The molecule has 0 heterocycles. The number of carbonyl (C=O) groups excluding carboxylic acids is 1. The average Bonchev–Trinajstić information content (AvgIpc) is 2.82. The van der Waals surface area contributed by atoms with Gasteiger partial charge in [-0.1, -0.05) is 36.4 Å². The second kappa shape index (κ2) is 10.5. The Morgan fingerprint density at radius 2 is 1.61 bits per heavy atom. The van der Waals surface area contributed by atoms with Crippen molar-refractivity contribution in [2.45, 2.75) is 18.0 Å². The summed E-state index contributed by atoms with van der Waals surface area (Å²) in [6.07, 6.45) is 0. The number of halogens is 1. The molecule has 0 saturated carbocycles. The number of amides is 1. The van der Waals surface area contributed by atoms with Crippen molar-refractivity contribution in [1.29, 1.82) is 0 Å². The third-order valence-corrected chi connectivity index (χ3v) is 6.86. The summed E-state index contributed by atoms with van der Waals surface area (Å²) < 4.78 is 51.7. The first-order valence-corrected chi connectivity index (χ1v) is 11.5. The van der Waals surface area contributed by atoms with Crippen molar-refractivity contribution in [3.63, 3.8) is 0 Å². The van der Waals surface area contributed by atoms with Crippen LogP contribution in [0.5, 0.6) is 11.5 Å². The van der Waals surface area contributed by atoms with Crippen molar-refractivity contribution in [2.24, 2.45) is 0 Å². The molecular formula is C24H25FN2O5S. The summed E-state index contributed by atoms with van der Waals surface area (Å²) in [6.45, 7) is 0.216. The molecule has 0 aliphatic heterocycles. The van der Waals surface area contributed by atoms with E-state index < -0.39 is 21.7 Å². The first kappa shape index (κ1) is 24.2. The molecule has 0 spiro atoms. The smallest absolute Gasteiger partial charge is 0.251 e. The van der Waals surface area contributed by atoms with Gasteiger partial charge in [0.25, 0.3) is 5.91 Å². The Balaban J connectivity index is 1.80. The van der Waals surface area contributed by atoms with Gasteiger partial charge in [-0.15, -0.1) is 0 Å². The monoisotopic (exact) mass is 472 g/mol. The van der Waals surface area contributed by atoms with Crippen molar-refractivity contribution >= 4 is 15.9 Å². The highest BCUT2D eigenvalue weighted by atomic mass is 32.2. The Hall–Kier alpha value is -3.43. The molecule has 3 rings (SSSR count). The molecule has 0 saturated heterocycles. The Bertz CT molecular complexity index is 1230. The number of benzene rings is 3. The van der Waals surface area contributed by atoms with Gasteiger partial charge < -0.3 is 14.8 Å². The van der Waals surface area contributed by atoms with Crippen molar-refractivity contribution < 1.29 is 27.1 Å². The molecule has 0 fully saturated rings. The van der Waals surface area contributed by atoms with Crippen LogP contribution in [0.25, 0.3) is 0 Å². The van der Waals surface area contributed by atoms with Crippen LogP contribution in [0.1, 0.15) is 21.5 Å². The molecule has 0 bridgehead atoms. The van der Waals surface area contributed by atoms with E-state index in [2.05, 4.69) is 5.32 Å². The van der Waals surface area contributed by atoms with E-state index in [0.717, 1.165) is 5.56 Å². The number of nitrogens with one attached hydrogen (secondary N) is 1. The molecule has 1 amide bonds. The second-order valence-electron chi connectivity index (χ2n) is 7.26. The molecule has 0 aromatic heterocycles. The molecule has 33 heavy (non-hydrogen) atoms. The zero-order valence-corrected chi connectivity index (χ0v) is 19.4. The highest BCUT2D eigenvalue weighted by Crippen LogP contribution is 2.28. The standard InChI is InChI=1S/C24H25FN2O5S/c1-27(16-17-7-5-4-6-8-17)33(29,30)23-14-19(10-12-22(23)32-3)24(28)26-15-18-9-11-21(31-2)20(25)13-18/h4-14H,15-16H2,1-3H3,(H,26,28). The number of sulfonamides is 1. The highest BCUT2D eigenvalue weighted by molar-refractivity contribution is 7.89. The Kier molecular flexibility index (Phi) is 7.67. The van der Waals surface area contributed by atoms with Crippen LogP contribution >= 0.6 is 0 Å². The van der Waals surface area contributed by atoms with Gasteiger partial charge in [0.2, 0.25) is 10.0 Å². The maximum absolute atomic E-state index is 13.9. The van der Waals surface area contributed by atoms with Crippen LogP contribution < -0.4 is 14.8 Å². The lowest BCUT2D eigenvalue weighted by Crippen LogP contribution is -2.28. The van der Waals surface area contributed by atoms with Gasteiger partial charge in [-0.2, -0.15) is 4.31 Å². The van der Waals surface area contributed by atoms with Crippen LogP contribution in [0.3, 0.4) is 0 Å². The summed E-state index contributed by atoms with van der Waals surface area (Å²) >= 11 is 0. The largest absolute Gasteiger partial charge is 0.495 e. The Morgan fingerprint density at radius 1 is 0.939 bits per heavy atom. The van der Waals surface area contributed by atoms with Crippen LogP contribution in [0.2, 0.25) is 0 Å². The number of rotatable bonds is 9. The van der Waals surface area contributed by atoms with Gasteiger partial charge in [-0.25, -0.2) is 12.8 Å². The molecular weight excluding hydrogens is 447 g/mol. The number of carbonyl (C=O) groups is 1. The first-order valence-electron chi connectivity index (χ1n) is 10.0. The summed E-state index contributed by atoms with van der Waals surface area (Å²) in [5.41, 5.74) is 1.49. The lowest BCUT2D eigenvalue weighted by atomic mass is 10.1. The van der Waals surface area contributed by atoms with E-state index in [1.54, 1.807) is 6.07 Å². The van der Waals surface area contributed by atoms with E-state index in [1.807, 2.05) is 30.3 Å². The van der Waals surface area contributed by atoms with Crippen LogP contribution in [-0.4, -0.2) is 39.9 Å². The van der Waals surface area contributed by atoms with Crippen molar-refractivity contribution in [3.8, 4) is 11.5 Å². The molecule has 0 unspecified atom stereocenters. The Morgan fingerprint density at radius 3 is 2.24 bits per heavy atom. The van der Waals surface area contributed by atoms with E-state index in [-0.39, 0.29) is 35.0 Å². The van der Waals surface area contributed by atoms with E-state index in [1.165, 1.54) is 55.9 Å². The van der Waals surface area contributed by atoms with E-state index >= 15 is 0 Å². The SMILES string of the molecule is COc1ccc(CNC(=O)c2ccc(OC)c(S(=O)(=O)N(C)Cc3ccccc3)c2)cc1F. The van der Waals surface area contributed by atoms with Gasteiger partial charge in [0, 0.05) is 25.7 Å². The van der Waals surface area contributed by atoms with Crippen molar-refractivity contribution in [1.82, 2.24) is 9.62 Å². The number of hydrogen-bond donors (Lipinski definition) is 1. The van der Waals surface area contributed by atoms with Crippen molar-refractivity contribution in [3.05, 3.63) is 89.2 Å². The highest BCUT2D eigenvalue weighted by Gasteiger charge is 2.26. The molecule has 1 N–H and O–H groups in total. The van der Waals surface area contributed by atoms with Crippen LogP contribution in [-0.2, 0) is 23.1 Å². The number of ether oxygens (including phenoxy) is 2. The lowest BCUT2D eigenvalue weighted by molar-refractivity contribution is 0.0950. The number of nitrogens with zero attached hydrogens (tertiary/aromatic N) is 1. The normalized spacial score (nSPS) is 11.3. The molecule has 0 aliphatic carbocycles. The fraction of sp³-hybridized carbons (Fsp3) is 0.208. The summed E-state index contributed by atoms with van der Waals surface area (Å²) in [7, 11) is 0.246. The van der Waals surface area contributed by atoms with Gasteiger partial charge in [-0.3, -0.25) is 4.79 Å². The first-order chi connectivity index (χ1) is 15.8. The zero-order chi connectivity index (χ0) is 24.0. The third kappa shape index (κ3) is 5.68. The predicted molar refractivity (Wildman–Crippen MR) is 122 cm³/mol. The Labute approximate surface area is 192 Å². The number of hydrogen-bond acceptors (Lipinski definition) is 5. The number of methoxy groups -OCH3 is 2. The minimum absolute atomic E-state index is 0.0573. The zero-order valence-electron chi connectivity index (χ0n) is 18.5. The minimum atomic E-state index is -3.95. The summed E-state index contributed by atoms with van der Waals surface area (Å²) in [5.74, 6) is -0.807. The van der Waals surface area contributed by atoms with Gasteiger partial charge in [0.05, 0.1) is 14.2 Å². The van der Waals surface area contributed by atoms with Crippen LogP contribution in [0.4, 0.5) is 4.39 Å². The van der Waals surface area contributed by atoms with Gasteiger partial charge in [0.15, 0.2) is 11.6 Å². The maximum atomic E-state index is 13.9. The van der Waals surface area contributed by atoms with E-state index in [9.17, 15) is 17.6 Å². The summed E-state index contributed by atoms with van der Waals surface area (Å²) in [5, 5.41) is 2.67. The van der Waals surface area contributed by atoms with Crippen LogP contribution in [0.15, 0.2) is 71.6 Å². The predicted octanol–water partition coefficient (Wildman–Crippen LogP) is 3.59. The molecule has 3 aromatic carbocycles. The average molecular weight is 473 g/mol. The molecule has 0 radical (unpaired) electrons. The topological polar surface area (TPSA) is 84.9 Å². The summed E-state index contributed by atoms with van der Waals surface area (Å²) in [4.78, 5) is 12.6. The molecule has 9 heteroatoms. The van der Waals surface area contributed by atoms with Crippen molar-refractivity contribution in [2.75, 3.05) is 21.3 Å². The van der Waals surface area contributed by atoms with E-state index in [0.29, 0.717) is 5.56 Å². The molecule has 3 aromatic rings. The molecule has 0 aliphatic rings. The quantitative estimate of drug-likeness (QED) is 0.515. The second-order valence-corrected chi connectivity index (χ2v) is 9.28. The fourth-order valence-electron chi connectivity index (χ4n) is 3.22. The minimum Gasteiger partial charge on any atom is -0.495 e. The molecule has 0 atom stereocenters. The van der Waals surface area contributed by atoms with E-state index in [4.69, 9.17) is 9.47 Å². The summed E-state index contributed by atoms with van der Waals surface area (Å²) in [6, 6.07) is 17.7.